The Kier molecular flexibility index (Phi) is 4.84. The molecule has 1 aromatic carbocycles. The monoisotopic (exact) mass is 234 g/mol. The van der Waals surface area contributed by atoms with Gasteiger partial charge >= 0.3 is 0 Å². The maximum Gasteiger partial charge on any atom is 0.147 e. The van der Waals surface area contributed by atoms with Crippen LogP contribution in [0.15, 0.2) is 29.4 Å². The molecule has 0 fully saturated rings. The zero-order chi connectivity index (χ0) is 12.8. The van der Waals surface area contributed by atoms with Crippen LogP contribution in [0.25, 0.3) is 0 Å². The topological polar surface area (TPSA) is 61.7 Å². The predicted molar refractivity (Wildman–Crippen MR) is 67.7 cm³/mol. The second kappa shape index (κ2) is 6.15. The lowest BCUT2D eigenvalue weighted by molar-refractivity contribution is -0.118. The molecule has 92 valence electrons. The molecule has 4 nitrogen and oxygen atoms in total. The fourth-order valence-electron chi connectivity index (χ4n) is 1.62. The maximum atomic E-state index is 11.3. The van der Waals surface area contributed by atoms with Crippen molar-refractivity contribution in [1.82, 2.24) is 5.32 Å². The van der Waals surface area contributed by atoms with Crippen molar-refractivity contribution < 1.29 is 10.0 Å². The first-order valence-corrected chi connectivity index (χ1v) is 5.54. The summed E-state index contributed by atoms with van der Waals surface area (Å²) in [6, 6.07) is 7.51. The Hall–Kier alpha value is -1.68. The van der Waals surface area contributed by atoms with Crippen molar-refractivity contribution in [2.45, 2.75) is 26.3 Å². The number of Topliss-reactive ketones (excluding diaryl/α,β-unsaturated/α-hetero) is 1. The minimum Gasteiger partial charge on any atom is -0.411 e. The van der Waals surface area contributed by atoms with Crippen LogP contribution in [-0.4, -0.2) is 29.8 Å². The molecule has 1 unspecified atom stereocenters. The quantitative estimate of drug-likeness (QED) is 0.462. The van der Waals surface area contributed by atoms with E-state index in [-0.39, 0.29) is 11.8 Å². The second-order valence-corrected chi connectivity index (χ2v) is 4.04. The third-order valence-electron chi connectivity index (χ3n) is 2.80. The minimum atomic E-state index is -0.145. The number of benzene rings is 1. The largest absolute Gasteiger partial charge is 0.411 e. The van der Waals surface area contributed by atoms with Crippen LogP contribution in [0.4, 0.5) is 0 Å². The summed E-state index contributed by atoms with van der Waals surface area (Å²) in [6.07, 6.45) is 0.668. The molecule has 0 bridgehead atoms. The fraction of sp³-hybridized carbons (Fsp3) is 0.385. The normalized spacial score (nSPS) is 13.5. The van der Waals surface area contributed by atoms with Gasteiger partial charge in [-0.1, -0.05) is 29.4 Å². The molecule has 1 rings (SSSR count). The van der Waals surface area contributed by atoms with Gasteiger partial charge in [0.05, 0.1) is 11.8 Å². The van der Waals surface area contributed by atoms with Crippen LogP contribution in [0.3, 0.4) is 0 Å². The van der Waals surface area contributed by atoms with E-state index in [0.29, 0.717) is 12.1 Å². The van der Waals surface area contributed by atoms with Crippen LogP contribution < -0.4 is 5.32 Å². The van der Waals surface area contributed by atoms with Crippen molar-refractivity contribution in [3.05, 3.63) is 35.4 Å². The highest BCUT2D eigenvalue weighted by Crippen LogP contribution is 2.08. The molecule has 2 N–H and O–H groups in total. The number of rotatable bonds is 5. The molecule has 1 aromatic rings. The first-order chi connectivity index (χ1) is 8.08. The van der Waals surface area contributed by atoms with E-state index in [9.17, 15) is 4.79 Å². The summed E-state index contributed by atoms with van der Waals surface area (Å²) in [5.74, 6) is 0.129. The molecule has 0 aliphatic heterocycles. The third-order valence-corrected chi connectivity index (χ3v) is 2.80. The molecule has 4 heteroatoms. The number of nitrogens with one attached hydrogen (secondary N) is 1. The molecule has 0 saturated carbocycles. The van der Waals surface area contributed by atoms with Gasteiger partial charge in [0.15, 0.2) is 0 Å². The van der Waals surface area contributed by atoms with Crippen molar-refractivity contribution >= 4 is 11.5 Å². The van der Waals surface area contributed by atoms with Gasteiger partial charge in [-0.15, -0.1) is 0 Å². The average molecular weight is 234 g/mol. The van der Waals surface area contributed by atoms with E-state index in [1.54, 1.807) is 20.9 Å². The lowest BCUT2D eigenvalue weighted by atomic mass is 10.0. The lowest BCUT2D eigenvalue weighted by Gasteiger charge is -2.12. The van der Waals surface area contributed by atoms with Crippen LogP contribution in [-0.2, 0) is 11.2 Å². The zero-order valence-corrected chi connectivity index (χ0v) is 10.4. The Morgan fingerprint density at radius 2 is 1.94 bits per heavy atom. The van der Waals surface area contributed by atoms with Gasteiger partial charge in [-0.3, -0.25) is 4.79 Å². The Morgan fingerprint density at radius 3 is 2.35 bits per heavy atom. The summed E-state index contributed by atoms with van der Waals surface area (Å²) in [5, 5.41) is 14.8. The summed E-state index contributed by atoms with van der Waals surface area (Å²) >= 11 is 0. The number of oxime groups is 1. The van der Waals surface area contributed by atoms with Crippen molar-refractivity contribution in [3.63, 3.8) is 0 Å². The lowest BCUT2D eigenvalue weighted by Crippen LogP contribution is -2.34. The summed E-state index contributed by atoms with van der Waals surface area (Å²) in [4.78, 5) is 11.3. The number of hydrogen-bond acceptors (Lipinski definition) is 4. The van der Waals surface area contributed by atoms with Crippen molar-refractivity contribution in [2.24, 2.45) is 5.16 Å². The first-order valence-electron chi connectivity index (χ1n) is 5.54. The van der Waals surface area contributed by atoms with E-state index in [4.69, 9.17) is 5.21 Å². The standard InChI is InChI=1S/C13H18N2O2/c1-9(15-17)12-6-4-11(5-7-12)8-13(14-3)10(2)16/h4-7,13-14,17H,8H2,1-3H3/b15-9+. The average Bonchev–Trinajstić information content (AvgIpc) is 2.35. The van der Waals surface area contributed by atoms with E-state index in [1.165, 1.54) is 0 Å². The number of hydrogen-bond donors (Lipinski definition) is 2. The summed E-state index contributed by atoms with van der Waals surface area (Å²) in [5.41, 5.74) is 2.53. The molecular formula is C13H18N2O2. The Bertz CT molecular complexity index is 410. The van der Waals surface area contributed by atoms with Gasteiger partial charge in [0.1, 0.15) is 5.78 Å². The van der Waals surface area contributed by atoms with Crippen LogP contribution in [0.5, 0.6) is 0 Å². The highest BCUT2D eigenvalue weighted by atomic mass is 16.4. The molecule has 0 heterocycles. The molecule has 0 aliphatic rings. The SMILES string of the molecule is CNC(Cc1ccc(/C(C)=N/O)cc1)C(C)=O. The smallest absolute Gasteiger partial charge is 0.147 e. The van der Waals surface area contributed by atoms with Crippen molar-refractivity contribution in [2.75, 3.05) is 7.05 Å². The van der Waals surface area contributed by atoms with E-state index < -0.39 is 0 Å². The molecule has 0 aromatic heterocycles. The molecule has 0 aliphatic carbocycles. The van der Waals surface area contributed by atoms with E-state index in [0.717, 1.165) is 11.1 Å². The highest BCUT2D eigenvalue weighted by molar-refractivity contribution is 5.98. The van der Waals surface area contributed by atoms with Gasteiger partial charge in [-0.2, -0.15) is 0 Å². The van der Waals surface area contributed by atoms with Crippen LogP contribution in [0.1, 0.15) is 25.0 Å². The highest BCUT2D eigenvalue weighted by Gasteiger charge is 2.11. The van der Waals surface area contributed by atoms with Crippen LogP contribution in [0.2, 0.25) is 0 Å². The molecular weight excluding hydrogens is 216 g/mol. The van der Waals surface area contributed by atoms with E-state index >= 15 is 0 Å². The molecule has 0 spiro atoms. The molecule has 17 heavy (non-hydrogen) atoms. The van der Waals surface area contributed by atoms with Crippen LogP contribution >= 0.6 is 0 Å². The zero-order valence-electron chi connectivity index (χ0n) is 10.4. The van der Waals surface area contributed by atoms with Crippen molar-refractivity contribution in [1.29, 1.82) is 0 Å². The predicted octanol–water partition coefficient (Wildman–Crippen LogP) is 1.60. The molecule has 0 amide bonds. The maximum absolute atomic E-state index is 11.3. The fourth-order valence-corrected chi connectivity index (χ4v) is 1.62. The Morgan fingerprint density at radius 1 is 1.35 bits per heavy atom. The van der Waals surface area contributed by atoms with Gasteiger partial charge in [-0.25, -0.2) is 0 Å². The minimum absolute atomic E-state index is 0.129. The molecule has 0 saturated heterocycles. The summed E-state index contributed by atoms with van der Waals surface area (Å²) in [7, 11) is 1.78. The van der Waals surface area contributed by atoms with Gasteiger partial charge < -0.3 is 10.5 Å². The van der Waals surface area contributed by atoms with E-state index in [1.807, 2.05) is 24.3 Å². The van der Waals surface area contributed by atoms with Gasteiger partial charge in [0.2, 0.25) is 0 Å². The van der Waals surface area contributed by atoms with Gasteiger partial charge in [-0.05, 0) is 38.4 Å². The first kappa shape index (κ1) is 13.4. The second-order valence-electron chi connectivity index (χ2n) is 4.04. The summed E-state index contributed by atoms with van der Waals surface area (Å²) < 4.78 is 0. The number of likely N-dealkylation sites (N-methyl/N-ethyl adjacent to an activating group) is 1. The Labute approximate surface area is 101 Å². The van der Waals surface area contributed by atoms with E-state index in [2.05, 4.69) is 10.5 Å². The number of ketones is 1. The van der Waals surface area contributed by atoms with Gasteiger partial charge in [0.25, 0.3) is 0 Å². The number of carbonyl (C=O) groups excluding carboxylic acids is 1. The number of nitrogens with zero attached hydrogens (tertiary/aromatic N) is 1. The summed E-state index contributed by atoms with van der Waals surface area (Å²) in [6.45, 7) is 3.32. The third kappa shape index (κ3) is 3.67. The Balaban J connectivity index is 2.78. The number of carbonyl (C=O) groups is 1. The molecule has 0 radical (unpaired) electrons. The molecule has 1 atom stereocenters. The van der Waals surface area contributed by atoms with Crippen LogP contribution in [0, 0.1) is 0 Å². The van der Waals surface area contributed by atoms with Crippen molar-refractivity contribution in [3.8, 4) is 0 Å². The van der Waals surface area contributed by atoms with Gasteiger partial charge in [0, 0.05) is 0 Å².